The summed E-state index contributed by atoms with van der Waals surface area (Å²) in [6.45, 7) is 6.61. The van der Waals surface area contributed by atoms with Crippen LogP contribution >= 0.6 is 0 Å². The Morgan fingerprint density at radius 2 is 2.29 bits per heavy atom. The first-order chi connectivity index (χ1) is 8.31. The van der Waals surface area contributed by atoms with E-state index in [4.69, 9.17) is 4.98 Å². The van der Waals surface area contributed by atoms with Gasteiger partial charge in [0.1, 0.15) is 11.6 Å². The molecular weight excluding hydrogens is 210 g/mol. The highest BCUT2D eigenvalue weighted by molar-refractivity contribution is 5.47. The summed E-state index contributed by atoms with van der Waals surface area (Å²) in [7, 11) is 0. The van der Waals surface area contributed by atoms with Crippen molar-refractivity contribution >= 4 is 11.6 Å². The van der Waals surface area contributed by atoms with Crippen molar-refractivity contribution in [2.75, 3.05) is 23.3 Å². The number of hydrogen-bond acceptors (Lipinski definition) is 3. The van der Waals surface area contributed by atoms with Gasteiger partial charge in [-0.1, -0.05) is 13.0 Å². The molecule has 2 rings (SSSR count). The topological polar surface area (TPSA) is 28.2 Å². The third kappa shape index (κ3) is 3.11. The molecule has 1 fully saturated rings. The van der Waals surface area contributed by atoms with E-state index in [1.54, 1.807) is 0 Å². The average Bonchev–Trinajstić information content (AvgIpc) is 2.37. The van der Waals surface area contributed by atoms with Crippen LogP contribution in [0, 0.1) is 0 Å². The van der Waals surface area contributed by atoms with Crippen LogP contribution in [0.3, 0.4) is 0 Å². The third-order valence-electron chi connectivity index (χ3n) is 3.39. The lowest BCUT2D eigenvalue weighted by Gasteiger charge is -2.34. The smallest absolute Gasteiger partial charge is 0.131 e. The number of hydrogen-bond donors (Lipinski definition) is 1. The molecule has 0 amide bonds. The molecule has 1 unspecified atom stereocenters. The first kappa shape index (κ1) is 12.2. The Morgan fingerprint density at radius 3 is 3.06 bits per heavy atom. The summed E-state index contributed by atoms with van der Waals surface area (Å²) in [5, 5.41) is 3.35. The molecule has 0 radical (unpaired) electrons. The number of rotatable bonds is 4. The summed E-state index contributed by atoms with van der Waals surface area (Å²) < 4.78 is 0. The summed E-state index contributed by atoms with van der Waals surface area (Å²) in [4.78, 5) is 7.13. The van der Waals surface area contributed by atoms with Gasteiger partial charge in [0, 0.05) is 19.1 Å². The van der Waals surface area contributed by atoms with E-state index in [2.05, 4.69) is 36.2 Å². The molecule has 1 aromatic rings. The van der Waals surface area contributed by atoms with Crippen LogP contribution < -0.4 is 10.2 Å². The number of anilines is 2. The minimum atomic E-state index is 0.623. The van der Waals surface area contributed by atoms with Crippen LogP contribution in [-0.4, -0.2) is 24.1 Å². The minimum Gasteiger partial charge on any atom is -0.370 e. The molecule has 0 aliphatic carbocycles. The van der Waals surface area contributed by atoms with Crippen molar-refractivity contribution in [3.63, 3.8) is 0 Å². The SMILES string of the molecule is CCCNc1cccc(N2CCCCC2C)n1. The fourth-order valence-electron chi connectivity index (χ4n) is 2.37. The third-order valence-corrected chi connectivity index (χ3v) is 3.39. The van der Waals surface area contributed by atoms with Gasteiger partial charge in [-0.15, -0.1) is 0 Å². The Labute approximate surface area is 104 Å². The zero-order chi connectivity index (χ0) is 12.1. The van der Waals surface area contributed by atoms with Crippen LogP contribution in [0.5, 0.6) is 0 Å². The Morgan fingerprint density at radius 1 is 1.41 bits per heavy atom. The molecule has 94 valence electrons. The molecule has 1 atom stereocenters. The maximum Gasteiger partial charge on any atom is 0.131 e. The summed E-state index contributed by atoms with van der Waals surface area (Å²) >= 11 is 0. The van der Waals surface area contributed by atoms with E-state index in [0.717, 1.165) is 31.1 Å². The van der Waals surface area contributed by atoms with Crippen LogP contribution in [-0.2, 0) is 0 Å². The van der Waals surface area contributed by atoms with Gasteiger partial charge in [-0.2, -0.15) is 0 Å². The van der Waals surface area contributed by atoms with Crippen LogP contribution in [0.25, 0.3) is 0 Å². The van der Waals surface area contributed by atoms with E-state index < -0.39 is 0 Å². The Kier molecular flexibility index (Phi) is 4.24. The number of nitrogens with zero attached hydrogens (tertiary/aromatic N) is 2. The summed E-state index contributed by atoms with van der Waals surface area (Å²) in [5.41, 5.74) is 0. The maximum absolute atomic E-state index is 4.70. The molecule has 1 aliphatic heterocycles. The molecule has 1 aliphatic rings. The van der Waals surface area contributed by atoms with Crippen LogP contribution in [0.2, 0.25) is 0 Å². The second-order valence-electron chi connectivity index (χ2n) is 4.85. The zero-order valence-electron chi connectivity index (χ0n) is 10.9. The van der Waals surface area contributed by atoms with Gasteiger partial charge in [0.15, 0.2) is 0 Å². The Balaban J connectivity index is 2.08. The fourth-order valence-corrected chi connectivity index (χ4v) is 2.37. The maximum atomic E-state index is 4.70. The van der Waals surface area contributed by atoms with Gasteiger partial charge >= 0.3 is 0 Å². The van der Waals surface area contributed by atoms with Gasteiger partial charge in [0.25, 0.3) is 0 Å². The molecule has 0 bridgehead atoms. The summed E-state index contributed by atoms with van der Waals surface area (Å²) in [6.07, 6.45) is 5.06. The van der Waals surface area contributed by atoms with Gasteiger partial charge in [0.05, 0.1) is 0 Å². The van der Waals surface area contributed by atoms with E-state index in [9.17, 15) is 0 Å². The molecule has 0 aromatic carbocycles. The van der Waals surface area contributed by atoms with E-state index in [1.165, 1.54) is 19.3 Å². The van der Waals surface area contributed by atoms with Crippen molar-refractivity contribution in [2.45, 2.75) is 45.6 Å². The van der Waals surface area contributed by atoms with Crippen LogP contribution in [0.15, 0.2) is 18.2 Å². The van der Waals surface area contributed by atoms with E-state index >= 15 is 0 Å². The van der Waals surface area contributed by atoms with Crippen LogP contribution in [0.4, 0.5) is 11.6 Å². The molecule has 0 spiro atoms. The standard InChI is InChI=1S/C14H23N3/c1-3-10-15-13-8-6-9-14(16-13)17-11-5-4-7-12(17)2/h6,8-9,12H,3-5,7,10-11H2,1-2H3,(H,15,16). The predicted octanol–water partition coefficient (Wildman–Crippen LogP) is 3.28. The highest BCUT2D eigenvalue weighted by Gasteiger charge is 2.19. The number of piperidine rings is 1. The van der Waals surface area contributed by atoms with Gasteiger partial charge < -0.3 is 10.2 Å². The lowest BCUT2D eigenvalue weighted by Crippen LogP contribution is -2.38. The monoisotopic (exact) mass is 233 g/mol. The average molecular weight is 233 g/mol. The molecule has 1 aromatic heterocycles. The van der Waals surface area contributed by atoms with Gasteiger partial charge in [-0.05, 0) is 44.7 Å². The van der Waals surface area contributed by atoms with Crippen molar-refractivity contribution < 1.29 is 0 Å². The first-order valence-corrected chi connectivity index (χ1v) is 6.79. The van der Waals surface area contributed by atoms with E-state index in [-0.39, 0.29) is 0 Å². The fraction of sp³-hybridized carbons (Fsp3) is 0.643. The second-order valence-corrected chi connectivity index (χ2v) is 4.85. The zero-order valence-corrected chi connectivity index (χ0v) is 10.9. The lowest BCUT2D eigenvalue weighted by atomic mass is 10.0. The molecule has 3 nitrogen and oxygen atoms in total. The van der Waals surface area contributed by atoms with Crippen molar-refractivity contribution in [1.29, 1.82) is 0 Å². The highest BCUT2D eigenvalue weighted by Crippen LogP contribution is 2.23. The quantitative estimate of drug-likeness (QED) is 0.865. The highest BCUT2D eigenvalue weighted by atomic mass is 15.2. The Hall–Kier alpha value is -1.25. The van der Waals surface area contributed by atoms with Crippen LogP contribution in [0.1, 0.15) is 39.5 Å². The molecular formula is C14H23N3. The number of nitrogens with one attached hydrogen (secondary N) is 1. The molecule has 2 heterocycles. The molecule has 0 saturated carbocycles. The van der Waals surface area contributed by atoms with Gasteiger partial charge in [0.2, 0.25) is 0 Å². The van der Waals surface area contributed by atoms with Gasteiger partial charge in [-0.3, -0.25) is 0 Å². The normalized spacial score (nSPS) is 20.4. The molecule has 3 heteroatoms. The van der Waals surface area contributed by atoms with E-state index in [1.807, 2.05) is 6.07 Å². The second kappa shape index (κ2) is 5.89. The number of aromatic nitrogens is 1. The van der Waals surface area contributed by atoms with Gasteiger partial charge in [-0.25, -0.2) is 4.98 Å². The summed E-state index contributed by atoms with van der Waals surface area (Å²) in [6, 6.07) is 6.90. The Bertz CT molecular complexity index is 351. The predicted molar refractivity (Wildman–Crippen MR) is 73.7 cm³/mol. The largest absolute Gasteiger partial charge is 0.370 e. The van der Waals surface area contributed by atoms with Crippen molar-refractivity contribution in [2.24, 2.45) is 0 Å². The lowest BCUT2D eigenvalue weighted by molar-refractivity contribution is 0.481. The summed E-state index contributed by atoms with van der Waals surface area (Å²) in [5.74, 6) is 2.13. The first-order valence-electron chi connectivity index (χ1n) is 6.79. The number of pyridine rings is 1. The molecule has 1 saturated heterocycles. The molecule has 17 heavy (non-hydrogen) atoms. The van der Waals surface area contributed by atoms with Crippen molar-refractivity contribution in [3.8, 4) is 0 Å². The van der Waals surface area contributed by atoms with Crippen molar-refractivity contribution in [1.82, 2.24) is 4.98 Å². The minimum absolute atomic E-state index is 0.623. The van der Waals surface area contributed by atoms with E-state index in [0.29, 0.717) is 6.04 Å². The molecule has 1 N–H and O–H groups in total. The van der Waals surface area contributed by atoms with Crippen molar-refractivity contribution in [3.05, 3.63) is 18.2 Å².